The second-order valence-corrected chi connectivity index (χ2v) is 3.93. The number of hydrogen-bond acceptors (Lipinski definition) is 3. The lowest BCUT2D eigenvalue weighted by molar-refractivity contribution is -0.138. The van der Waals surface area contributed by atoms with Crippen LogP contribution >= 0.6 is 0 Å². The zero-order valence-corrected chi connectivity index (χ0v) is 10.3. The fourth-order valence-electron chi connectivity index (χ4n) is 1.52. The first-order valence-electron chi connectivity index (χ1n) is 5.53. The summed E-state index contributed by atoms with van der Waals surface area (Å²) >= 11 is 0. The van der Waals surface area contributed by atoms with Crippen molar-refractivity contribution in [2.24, 2.45) is 5.73 Å². The van der Waals surface area contributed by atoms with Crippen LogP contribution in [0.2, 0.25) is 0 Å². The van der Waals surface area contributed by atoms with Crippen LogP contribution in [0.1, 0.15) is 11.1 Å². The number of rotatable bonds is 5. The van der Waals surface area contributed by atoms with E-state index in [1.165, 1.54) is 25.3 Å². The SMILES string of the molecule is COCC(N)C(=O)NCc1ccccc1C(F)(F)F. The van der Waals surface area contributed by atoms with E-state index in [4.69, 9.17) is 5.73 Å². The van der Waals surface area contributed by atoms with Crippen molar-refractivity contribution in [3.05, 3.63) is 35.4 Å². The molecule has 1 aromatic carbocycles. The molecular formula is C12H15F3N2O2. The molecule has 0 bridgehead atoms. The molecule has 0 aromatic heterocycles. The summed E-state index contributed by atoms with van der Waals surface area (Å²) < 4.78 is 42.8. The Labute approximate surface area is 108 Å². The predicted octanol–water partition coefficient (Wildman–Crippen LogP) is 1.30. The molecule has 1 unspecified atom stereocenters. The van der Waals surface area contributed by atoms with Crippen LogP contribution in [0.3, 0.4) is 0 Å². The highest BCUT2D eigenvalue weighted by molar-refractivity contribution is 5.81. The fourth-order valence-corrected chi connectivity index (χ4v) is 1.52. The standard InChI is InChI=1S/C12H15F3N2O2/c1-19-7-10(16)11(18)17-6-8-4-2-3-5-9(8)12(13,14)15/h2-5,10H,6-7,16H2,1H3,(H,17,18). The van der Waals surface area contributed by atoms with Gasteiger partial charge in [-0.1, -0.05) is 18.2 Å². The summed E-state index contributed by atoms with van der Waals surface area (Å²) in [6.07, 6.45) is -4.45. The van der Waals surface area contributed by atoms with E-state index in [1.54, 1.807) is 0 Å². The van der Waals surface area contributed by atoms with Gasteiger partial charge >= 0.3 is 6.18 Å². The molecule has 106 valence electrons. The predicted molar refractivity (Wildman–Crippen MR) is 63.1 cm³/mol. The van der Waals surface area contributed by atoms with Gasteiger partial charge in [0.1, 0.15) is 6.04 Å². The molecule has 0 saturated heterocycles. The van der Waals surface area contributed by atoms with Crippen LogP contribution < -0.4 is 11.1 Å². The van der Waals surface area contributed by atoms with Crippen molar-refractivity contribution in [2.75, 3.05) is 13.7 Å². The van der Waals surface area contributed by atoms with E-state index in [2.05, 4.69) is 10.1 Å². The number of benzene rings is 1. The highest BCUT2D eigenvalue weighted by atomic mass is 19.4. The molecular weight excluding hydrogens is 261 g/mol. The van der Waals surface area contributed by atoms with Gasteiger partial charge in [-0.3, -0.25) is 4.79 Å². The van der Waals surface area contributed by atoms with Gasteiger partial charge in [-0.05, 0) is 11.6 Å². The summed E-state index contributed by atoms with van der Waals surface area (Å²) in [5.41, 5.74) is 4.68. The van der Waals surface area contributed by atoms with Gasteiger partial charge < -0.3 is 15.8 Å². The number of ether oxygens (including phenoxy) is 1. The minimum atomic E-state index is -4.45. The molecule has 1 rings (SSSR count). The third kappa shape index (κ3) is 4.53. The Hall–Kier alpha value is -1.60. The first kappa shape index (κ1) is 15.5. The summed E-state index contributed by atoms with van der Waals surface area (Å²) in [6, 6.07) is 4.15. The fraction of sp³-hybridized carbons (Fsp3) is 0.417. The maximum atomic E-state index is 12.7. The summed E-state index contributed by atoms with van der Waals surface area (Å²) in [7, 11) is 1.38. The molecule has 0 aliphatic rings. The lowest BCUT2D eigenvalue weighted by Crippen LogP contribution is -2.43. The van der Waals surface area contributed by atoms with Gasteiger partial charge in [-0.2, -0.15) is 13.2 Å². The van der Waals surface area contributed by atoms with Crippen LogP contribution in [0.15, 0.2) is 24.3 Å². The third-order valence-electron chi connectivity index (χ3n) is 2.46. The topological polar surface area (TPSA) is 64.3 Å². The second kappa shape index (κ2) is 6.53. The summed E-state index contributed by atoms with van der Waals surface area (Å²) in [6.45, 7) is -0.224. The van der Waals surface area contributed by atoms with Crippen molar-refractivity contribution in [1.82, 2.24) is 5.32 Å². The molecule has 0 fully saturated rings. The number of halogens is 3. The molecule has 0 saturated carbocycles. The first-order chi connectivity index (χ1) is 8.86. The summed E-state index contributed by atoms with van der Waals surface area (Å²) in [5, 5.41) is 2.35. The normalized spacial score (nSPS) is 13.1. The van der Waals surface area contributed by atoms with Gasteiger partial charge in [0.25, 0.3) is 0 Å². The zero-order chi connectivity index (χ0) is 14.5. The Bertz CT molecular complexity index is 435. The number of nitrogens with one attached hydrogen (secondary N) is 1. The lowest BCUT2D eigenvalue weighted by atomic mass is 10.1. The molecule has 0 aliphatic heterocycles. The first-order valence-corrected chi connectivity index (χ1v) is 5.53. The molecule has 0 heterocycles. The minimum absolute atomic E-state index is 0.00651. The van der Waals surface area contributed by atoms with Crippen molar-refractivity contribution < 1.29 is 22.7 Å². The van der Waals surface area contributed by atoms with Gasteiger partial charge in [0.15, 0.2) is 0 Å². The monoisotopic (exact) mass is 276 g/mol. The van der Waals surface area contributed by atoms with Gasteiger partial charge in [0.2, 0.25) is 5.91 Å². The van der Waals surface area contributed by atoms with E-state index in [-0.39, 0.29) is 18.7 Å². The number of nitrogens with two attached hydrogens (primary N) is 1. The molecule has 0 aliphatic carbocycles. The number of carbonyl (C=O) groups is 1. The quantitative estimate of drug-likeness (QED) is 0.852. The molecule has 19 heavy (non-hydrogen) atoms. The van der Waals surface area contributed by atoms with Crippen molar-refractivity contribution >= 4 is 5.91 Å². The Morgan fingerprint density at radius 1 is 1.42 bits per heavy atom. The number of carbonyl (C=O) groups excluding carboxylic acids is 1. The van der Waals surface area contributed by atoms with Crippen LogP contribution in [0.25, 0.3) is 0 Å². The molecule has 0 spiro atoms. The Kier molecular flexibility index (Phi) is 5.31. The minimum Gasteiger partial charge on any atom is -0.383 e. The third-order valence-corrected chi connectivity index (χ3v) is 2.46. The molecule has 1 aromatic rings. The largest absolute Gasteiger partial charge is 0.416 e. The second-order valence-electron chi connectivity index (χ2n) is 3.93. The molecule has 7 heteroatoms. The van der Waals surface area contributed by atoms with Gasteiger partial charge in [0.05, 0.1) is 12.2 Å². The van der Waals surface area contributed by atoms with Crippen molar-refractivity contribution in [1.29, 1.82) is 0 Å². The van der Waals surface area contributed by atoms with E-state index >= 15 is 0 Å². The van der Waals surface area contributed by atoms with Gasteiger partial charge in [-0.15, -0.1) is 0 Å². The van der Waals surface area contributed by atoms with E-state index in [9.17, 15) is 18.0 Å². The maximum Gasteiger partial charge on any atom is 0.416 e. The van der Waals surface area contributed by atoms with Crippen LogP contribution in [0.5, 0.6) is 0 Å². The van der Waals surface area contributed by atoms with Crippen LogP contribution in [0, 0.1) is 0 Å². The molecule has 0 radical (unpaired) electrons. The number of alkyl halides is 3. The molecule has 1 amide bonds. The Balaban J connectivity index is 2.71. The van der Waals surface area contributed by atoms with Crippen molar-refractivity contribution in [3.63, 3.8) is 0 Å². The van der Waals surface area contributed by atoms with Crippen molar-refractivity contribution in [3.8, 4) is 0 Å². The van der Waals surface area contributed by atoms with Crippen LogP contribution in [0.4, 0.5) is 13.2 Å². The van der Waals surface area contributed by atoms with Gasteiger partial charge in [-0.25, -0.2) is 0 Å². The van der Waals surface area contributed by atoms with Gasteiger partial charge in [0, 0.05) is 13.7 Å². The number of hydrogen-bond donors (Lipinski definition) is 2. The number of amides is 1. The van der Waals surface area contributed by atoms with Crippen LogP contribution in [-0.4, -0.2) is 25.7 Å². The van der Waals surface area contributed by atoms with E-state index in [0.29, 0.717) is 0 Å². The van der Waals surface area contributed by atoms with E-state index in [0.717, 1.165) is 6.07 Å². The summed E-state index contributed by atoms with van der Waals surface area (Å²) in [4.78, 5) is 11.5. The van der Waals surface area contributed by atoms with E-state index < -0.39 is 23.7 Å². The molecule has 3 N–H and O–H groups in total. The Morgan fingerprint density at radius 2 is 2.05 bits per heavy atom. The smallest absolute Gasteiger partial charge is 0.383 e. The van der Waals surface area contributed by atoms with E-state index in [1.807, 2.05) is 0 Å². The van der Waals surface area contributed by atoms with Crippen LogP contribution in [-0.2, 0) is 22.3 Å². The zero-order valence-electron chi connectivity index (χ0n) is 10.3. The maximum absolute atomic E-state index is 12.7. The average Bonchev–Trinajstić information content (AvgIpc) is 2.35. The lowest BCUT2D eigenvalue weighted by Gasteiger charge is -2.15. The highest BCUT2D eigenvalue weighted by Crippen LogP contribution is 2.31. The molecule has 1 atom stereocenters. The molecule has 4 nitrogen and oxygen atoms in total. The van der Waals surface area contributed by atoms with Crippen molar-refractivity contribution in [2.45, 2.75) is 18.8 Å². The Morgan fingerprint density at radius 3 is 2.63 bits per heavy atom. The summed E-state index contributed by atoms with van der Waals surface area (Å²) in [5.74, 6) is -0.557. The average molecular weight is 276 g/mol. The highest BCUT2D eigenvalue weighted by Gasteiger charge is 2.32. The number of methoxy groups -OCH3 is 1.